The zero-order chi connectivity index (χ0) is 26.6. The van der Waals surface area contributed by atoms with Crippen molar-refractivity contribution in [3.05, 3.63) is 35.9 Å². The number of ether oxygens (including phenoxy) is 5. The van der Waals surface area contributed by atoms with Gasteiger partial charge in [-0.3, -0.25) is 0 Å². The van der Waals surface area contributed by atoms with Crippen molar-refractivity contribution in [2.24, 2.45) is 17.8 Å². The van der Waals surface area contributed by atoms with Crippen molar-refractivity contribution >= 4 is 8.32 Å². The van der Waals surface area contributed by atoms with Gasteiger partial charge in [-0.2, -0.15) is 0 Å². The molecule has 2 fully saturated rings. The van der Waals surface area contributed by atoms with Gasteiger partial charge in [0, 0.05) is 32.0 Å². The van der Waals surface area contributed by atoms with E-state index in [4.69, 9.17) is 28.1 Å². The zero-order valence-electron chi connectivity index (χ0n) is 24.0. The molecule has 0 aromatic heterocycles. The molecule has 0 N–H and O–H groups in total. The second-order valence-corrected chi connectivity index (χ2v) is 17.2. The first kappa shape index (κ1) is 29.7. The molecule has 0 unspecified atom stereocenters. The molecule has 1 aromatic carbocycles. The van der Waals surface area contributed by atoms with Gasteiger partial charge in [0.05, 0.1) is 25.4 Å². The molecule has 7 atom stereocenters. The van der Waals surface area contributed by atoms with E-state index in [1.807, 2.05) is 18.2 Å². The number of methoxy groups -OCH3 is 1. The highest BCUT2D eigenvalue weighted by molar-refractivity contribution is 6.74. The molecule has 7 heteroatoms. The number of rotatable bonds is 11. The van der Waals surface area contributed by atoms with Gasteiger partial charge in [0.1, 0.15) is 12.9 Å². The van der Waals surface area contributed by atoms with E-state index in [0.29, 0.717) is 13.2 Å². The fourth-order valence-corrected chi connectivity index (χ4v) is 6.24. The number of benzene rings is 1. The fourth-order valence-electron chi connectivity index (χ4n) is 5.12. The van der Waals surface area contributed by atoms with Crippen LogP contribution < -0.4 is 0 Å². The van der Waals surface area contributed by atoms with Crippen molar-refractivity contribution in [3.8, 4) is 0 Å². The maximum Gasteiger partial charge on any atom is 0.191 e. The summed E-state index contributed by atoms with van der Waals surface area (Å²) < 4.78 is 38.2. The summed E-state index contributed by atoms with van der Waals surface area (Å²) in [5, 5.41) is 0.143. The average molecular weight is 523 g/mol. The van der Waals surface area contributed by atoms with Gasteiger partial charge in [-0.15, -0.1) is 0 Å². The Kier molecular flexibility index (Phi) is 10.2. The second kappa shape index (κ2) is 12.4. The third-order valence-electron chi connectivity index (χ3n) is 8.74. The predicted octanol–water partition coefficient (Wildman–Crippen LogP) is 6.40. The van der Waals surface area contributed by atoms with E-state index in [9.17, 15) is 0 Å². The summed E-state index contributed by atoms with van der Waals surface area (Å²) in [6.45, 7) is 20.1. The highest BCUT2D eigenvalue weighted by Gasteiger charge is 2.56. The summed E-state index contributed by atoms with van der Waals surface area (Å²) in [7, 11) is -0.253. The van der Waals surface area contributed by atoms with Crippen LogP contribution in [0, 0.1) is 17.8 Å². The molecule has 0 radical (unpaired) electrons. The summed E-state index contributed by atoms with van der Waals surface area (Å²) in [6, 6.07) is 10.3. The fraction of sp³-hybridized carbons (Fsp3) is 0.793. The second-order valence-electron chi connectivity index (χ2n) is 12.3. The van der Waals surface area contributed by atoms with Gasteiger partial charge in [-0.1, -0.05) is 71.9 Å². The maximum absolute atomic E-state index is 6.93. The largest absolute Gasteiger partial charge is 0.416 e. The number of hydrogen-bond donors (Lipinski definition) is 0. The standard InChI is InChI=1S/C29H50O6Si/c1-21(18-34-36(8,9)28(4,5)6)25(32-20-30-7)27-26(31-19-24-14-11-10-12-15-24)22(2)23(3)29(35-27)16-13-17-33-29/h10-12,14-15,21-23,25-27H,13,16-20H2,1-9H3/t21-,22+,23+,25+,26-,27+,29-/m1/s1. The molecule has 2 aliphatic heterocycles. The van der Waals surface area contributed by atoms with E-state index in [0.717, 1.165) is 25.0 Å². The van der Waals surface area contributed by atoms with Crippen LogP contribution in [0.1, 0.15) is 59.9 Å². The lowest BCUT2D eigenvalue weighted by Gasteiger charge is -2.52. The van der Waals surface area contributed by atoms with E-state index < -0.39 is 14.1 Å². The highest BCUT2D eigenvalue weighted by Crippen LogP contribution is 2.47. The van der Waals surface area contributed by atoms with Gasteiger partial charge in [-0.25, -0.2) is 0 Å². The van der Waals surface area contributed by atoms with Crippen molar-refractivity contribution in [1.82, 2.24) is 0 Å². The summed E-state index contributed by atoms with van der Waals surface area (Å²) in [4.78, 5) is 0. The summed E-state index contributed by atoms with van der Waals surface area (Å²) in [6.07, 6.45) is 1.20. The molecule has 2 saturated heterocycles. The molecule has 0 aliphatic carbocycles. The van der Waals surface area contributed by atoms with Crippen LogP contribution in [0.5, 0.6) is 0 Å². The monoisotopic (exact) mass is 522 g/mol. The average Bonchev–Trinajstić information content (AvgIpc) is 3.30. The molecule has 0 bridgehead atoms. The van der Waals surface area contributed by atoms with E-state index in [2.05, 4.69) is 66.8 Å². The van der Waals surface area contributed by atoms with Crippen LogP contribution in [-0.4, -0.2) is 59.5 Å². The lowest BCUT2D eigenvalue weighted by atomic mass is 9.76. The lowest BCUT2D eigenvalue weighted by Crippen LogP contribution is -2.62. The minimum atomic E-state index is -1.91. The smallest absolute Gasteiger partial charge is 0.191 e. The molecule has 0 amide bonds. The van der Waals surface area contributed by atoms with Crippen LogP contribution in [0.2, 0.25) is 18.1 Å². The first-order chi connectivity index (χ1) is 16.9. The van der Waals surface area contributed by atoms with Crippen molar-refractivity contribution < 1.29 is 28.1 Å². The zero-order valence-corrected chi connectivity index (χ0v) is 25.0. The molecule has 0 saturated carbocycles. The third-order valence-corrected chi connectivity index (χ3v) is 13.2. The Hall–Kier alpha value is -0.803. The molecule has 1 aromatic rings. The lowest BCUT2D eigenvalue weighted by molar-refractivity contribution is -0.346. The van der Waals surface area contributed by atoms with Gasteiger partial charge in [0.25, 0.3) is 0 Å². The topological polar surface area (TPSA) is 55.4 Å². The molecular weight excluding hydrogens is 472 g/mol. The van der Waals surface area contributed by atoms with Crippen molar-refractivity contribution in [2.75, 3.05) is 27.1 Å². The van der Waals surface area contributed by atoms with Gasteiger partial charge in [0.15, 0.2) is 14.1 Å². The molecule has 3 rings (SSSR count). The minimum absolute atomic E-state index is 0.0844. The van der Waals surface area contributed by atoms with Crippen molar-refractivity contribution in [2.45, 2.75) is 103 Å². The quantitative estimate of drug-likeness (QED) is 0.248. The van der Waals surface area contributed by atoms with Gasteiger partial charge in [-0.05, 0) is 36.0 Å². The Bertz CT molecular complexity index is 789. The molecule has 2 aliphatic rings. The Morgan fingerprint density at radius 2 is 1.83 bits per heavy atom. The Morgan fingerprint density at radius 1 is 1.14 bits per heavy atom. The van der Waals surface area contributed by atoms with Crippen molar-refractivity contribution in [3.63, 3.8) is 0 Å². The molecule has 36 heavy (non-hydrogen) atoms. The number of hydrogen-bond acceptors (Lipinski definition) is 6. The van der Waals surface area contributed by atoms with Crippen molar-refractivity contribution in [1.29, 1.82) is 0 Å². The van der Waals surface area contributed by atoms with Gasteiger partial charge in [0.2, 0.25) is 0 Å². The summed E-state index contributed by atoms with van der Waals surface area (Å²) in [5.41, 5.74) is 1.15. The first-order valence-corrected chi connectivity index (χ1v) is 16.5. The van der Waals surface area contributed by atoms with Crippen LogP contribution in [-0.2, 0) is 34.7 Å². The van der Waals surface area contributed by atoms with E-state index in [1.165, 1.54) is 0 Å². The van der Waals surface area contributed by atoms with Crippen LogP contribution in [0.3, 0.4) is 0 Å². The van der Waals surface area contributed by atoms with E-state index in [1.54, 1.807) is 7.11 Å². The first-order valence-electron chi connectivity index (χ1n) is 13.6. The van der Waals surface area contributed by atoms with Crippen LogP contribution >= 0.6 is 0 Å². The molecular formula is C29H50O6Si. The van der Waals surface area contributed by atoms with E-state index >= 15 is 0 Å². The predicted molar refractivity (Wildman–Crippen MR) is 145 cm³/mol. The Morgan fingerprint density at radius 3 is 2.42 bits per heavy atom. The van der Waals surface area contributed by atoms with Gasteiger partial charge >= 0.3 is 0 Å². The molecule has 6 nitrogen and oxygen atoms in total. The third kappa shape index (κ3) is 6.79. The molecule has 2 heterocycles. The molecule has 1 spiro atoms. The van der Waals surface area contributed by atoms with Gasteiger partial charge < -0.3 is 28.1 Å². The summed E-state index contributed by atoms with van der Waals surface area (Å²) in [5.74, 6) is -0.0708. The normalized spacial score (nSPS) is 31.0. The molecule has 206 valence electrons. The summed E-state index contributed by atoms with van der Waals surface area (Å²) >= 11 is 0. The Balaban J connectivity index is 1.86. The Labute approximate surface area is 220 Å². The SMILES string of the molecule is COCO[C@H]([C@@H]1O[C@]2(CCCO2)[C@@H](C)[C@H](C)[C@H]1OCc1ccccc1)[C@H](C)CO[Si](C)(C)C(C)(C)C. The highest BCUT2D eigenvalue weighted by atomic mass is 28.4. The van der Waals surface area contributed by atoms with E-state index in [-0.39, 0.29) is 47.9 Å². The van der Waals surface area contributed by atoms with Crippen LogP contribution in [0.15, 0.2) is 30.3 Å². The maximum atomic E-state index is 6.93. The van der Waals surface area contributed by atoms with Crippen LogP contribution in [0.4, 0.5) is 0 Å². The minimum Gasteiger partial charge on any atom is -0.416 e. The van der Waals surface area contributed by atoms with Crippen LogP contribution in [0.25, 0.3) is 0 Å².